The number of rotatable bonds is 3. The Hall–Kier alpha value is -1.10. The molecule has 0 bridgehead atoms. The van der Waals surface area contributed by atoms with Crippen molar-refractivity contribution in [1.82, 2.24) is 10.2 Å². The Morgan fingerprint density at radius 3 is 2.70 bits per heavy atom. The first-order chi connectivity index (χ1) is 9.81. The Labute approximate surface area is 121 Å². The molecule has 1 N–H and O–H groups in total. The zero-order valence-electron chi connectivity index (χ0n) is 12.3. The van der Waals surface area contributed by atoms with E-state index in [1.165, 1.54) is 5.56 Å². The van der Waals surface area contributed by atoms with Crippen molar-refractivity contribution in [3.8, 4) is 5.75 Å². The minimum absolute atomic E-state index is 0.327. The van der Waals surface area contributed by atoms with Crippen molar-refractivity contribution in [2.75, 3.05) is 33.9 Å². The molecule has 0 radical (unpaired) electrons. The average molecular weight is 276 g/mol. The molecule has 2 aliphatic rings. The van der Waals surface area contributed by atoms with E-state index in [0.717, 1.165) is 38.4 Å². The Kier molecular flexibility index (Phi) is 4.24. The van der Waals surface area contributed by atoms with Gasteiger partial charge < -0.3 is 14.8 Å². The zero-order chi connectivity index (χ0) is 13.9. The maximum Gasteiger partial charge on any atom is 0.124 e. The summed E-state index contributed by atoms with van der Waals surface area (Å²) in [4.78, 5) is 2.49. The summed E-state index contributed by atoms with van der Waals surface area (Å²) in [7, 11) is 4.26. The van der Waals surface area contributed by atoms with Crippen molar-refractivity contribution in [3.05, 3.63) is 29.8 Å². The highest BCUT2D eigenvalue weighted by Crippen LogP contribution is 2.34. The SMILES string of the molecule is CNC1c2ccccc2OCC1N(C)C1CCOCC1. The van der Waals surface area contributed by atoms with Crippen molar-refractivity contribution in [3.63, 3.8) is 0 Å². The van der Waals surface area contributed by atoms with Crippen LogP contribution in [0.5, 0.6) is 5.75 Å². The second kappa shape index (κ2) is 6.12. The van der Waals surface area contributed by atoms with Crippen LogP contribution in [0, 0.1) is 0 Å². The average Bonchev–Trinajstić information content (AvgIpc) is 2.54. The Morgan fingerprint density at radius 2 is 1.95 bits per heavy atom. The summed E-state index contributed by atoms with van der Waals surface area (Å²) in [5.41, 5.74) is 1.27. The van der Waals surface area contributed by atoms with Gasteiger partial charge in [-0.3, -0.25) is 4.90 Å². The third-order valence-corrected chi connectivity index (χ3v) is 4.65. The number of hydrogen-bond acceptors (Lipinski definition) is 4. The first kappa shape index (κ1) is 13.9. The van der Waals surface area contributed by atoms with Crippen LogP contribution in [0.2, 0.25) is 0 Å². The smallest absolute Gasteiger partial charge is 0.124 e. The summed E-state index contributed by atoms with van der Waals surface area (Å²) in [5, 5.41) is 3.48. The van der Waals surface area contributed by atoms with Gasteiger partial charge in [-0.05, 0) is 33.0 Å². The number of nitrogens with one attached hydrogen (secondary N) is 1. The zero-order valence-corrected chi connectivity index (χ0v) is 12.3. The van der Waals surface area contributed by atoms with Gasteiger partial charge in [0.2, 0.25) is 0 Å². The van der Waals surface area contributed by atoms with E-state index in [1.807, 2.05) is 13.1 Å². The third kappa shape index (κ3) is 2.55. The molecule has 2 heterocycles. The molecule has 0 saturated carbocycles. The summed E-state index contributed by atoms with van der Waals surface area (Å²) < 4.78 is 11.4. The molecular weight excluding hydrogens is 252 g/mol. The molecule has 110 valence electrons. The normalized spacial score (nSPS) is 27.1. The van der Waals surface area contributed by atoms with E-state index in [4.69, 9.17) is 9.47 Å². The lowest BCUT2D eigenvalue weighted by molar-refractivity contribution is 0.00630. The number of benzene rings is 1. The van der Waals surface area contributed by atoms with E-state index in [-0.39, 0.29) is 0 Å². The molecule has 2 unspecified atom stereocenters. The van der Waals surface area contributed by atoms with Crippen molar-refractivity contribution in [1.29, 1.82) is 0 Å². The van der Waals surface area contributed by atoms with Crippen LogP contribution < -0.4 is 10.1 Å². The highest BCUT2D eigenvalue weighted by Gasteiger charge is 2.35. The molecule has 0 amide bonds. The maximum absolute atomic E-state index is 5.97. The molecular formula is C16H24N2O2. The second-order valence-electron chi connectivity index (χ2n) is 5.69. The van der Waals surface area contributed by atoms with E-state index in [1.54, 1.807) is 0 Å². The van der Waals surface area contributed by atoms with Gasteiger partial charge in [0.25, 0.3) is 0 Å². The van der Waals surface area contributed by atoms with Crippen molar-refractivity contribution in [2.24, 2.45) is 0 Å². The molecule has 2 atom stereocenters. The van der Waals surface area contributed by atoms with Crippen LogP contribution in [0.1, 0.15) is 24.4 Å². The first-order valence-corrected chi connectivity index (χ1v) is 7.50. The predicted octanol–water partition coefficient (Wildman–Crippen LogP) is 1.82. The van der Waals surface area contributed by atoms with E-state index in [0.29, 0.717) is 18.1 Å². The fourth-order valence-electron chi connectivity index (χ4n) is 3.41. The van der Waals surface area contributed by atoms with Gasteiger partial charge in [-0.1, -0.05) is 18.2 Å². The van der Waals surface area contributed by atoms with Gasteiger partial charge in [-0.2, -0.15) is 0 Å². The molecule has 3 rings (SSSR count). The molecule has 2 aliphatic heterocycles. The number of fused-ring (bicyclic) bond motifs is 1. The van der Waals surface area contributed by atoms with Crippen LogP contribution in [-0.2, 0) is 4.74 Å². The summed E-state index contributed by atoms with van der Waals surface area (Å²) >= 11 is 0. The fraction of sp³-hybridized carbons (Fsp3) is 0.625. The monoisotopic (exact) mass is 276 g/mol. The van der Waals surface area contributed by atoms with Crippen molar-refractivity contribution >= 4 is 0 Å². The maximum atomic E-state index is 5.97. The molecule has 20 heavy (non-hydrogen) atoms. The van der Waals surface area contributed by atoms with Gasteiger partial charge in [0, 0.05) is 24.8 Å². The van der Waals surface area contributed by atoms with E-state index in [9.17, 15) is 0 Å². The number of hydrogen-bond donors (Lipinski definition) is 1. The van der Waals surface area contributed by atoms with Crippen LogP contribution >= 0.6 is 0 Å². The summed E-state index contributed by atoms with van der Waals surface area (Å²) in [6.45, 7) is 2.50. The summed E-state index contributed by atoms with van der Waals surface area (Å²) in [5.74, 6) is 1.02. The van der Waals surface area contributed by atoms with E-state index < -0.39 is 0 Å². The summed E-state index contributed by atoms with van der Waals surface area (Å²) in [6, 6.07) is 9.65. The molecule has 0 aromatic heterocycles. The lowest BCUT2D eigenvalue weighted by Crippen LogP contribution is -2.52. The number of ether oxygens (including phenoxy) is 2. The highest BCUT2D eigenvalue weighted by atomic mass is 16.5. The molecule has 4 heteroatoms. The largest absolute Gasteiger partial charge is 0.492 e. The van der Waals surface area contributed by atoms with Crippen LogP contribution in [0.15, 0.2) is 24.3 Å². The quantitative estimate of drug-likeness (QED) is 0.913. The van der Waals surface area contributed by atoms with Crippen LogP contribution in [-0.4, -0.2) is 50.9 Å². The topological polar surface area (TPSA) is 33.7 Å². The van der Waals surface area contributed by atoms with Gasteiger partial charge in [0.15, 0.2) is 0 Å². The van der Waals surface area contributed by atoms with Crippen LogP contribution in [0.4, 0.5) is 0 Å². The Morgan fingerprint density at radius 1 is 1.20 bits per heavy atom. The number of nitrogens with zero attached hydrogens (tertiary/aromatic N) is 1. The van der Waals surface area contributed by atoms with Crippen molar-refractivity contribution < 1.29 is 9.47 Å². The standard InChI is InChI=1S/C16H24N2O2/c1-17-16-13-5-3-4-6-15(13)20-11-14(16)18(2)12-7-9-19-10-8-12/h3-6,12,14,16-17H,7-11H2,1-2H3. The van der Waals surface area contributed by atoms with Gasteiger partial charge in [-0.15, -0.1) is 0 Å². The Balaban J connectivity index is 1.79. The van der Waals surface area contributed by atoms with Crippen LogP contribution in [0.25, 0.3) is 0 Å². The van der Waals surface area contributed by atoms with E-state index >= 15 is 0 Å². The number of likely N-dealkylation sites (N-methyl/N-ethyl adjacent to an activating group) is 2. The second-order valence-corrected chi connectivity index (χ2v) is 5.69. The van der Waals surface area contributed by atoms with Crippen LogP contribution in [0.3, 0.4) is 0 Å². The van der Waals surface area contributed by atoms with Gasteiger partial charge in [-0.25, -0.2) is 0 Å². The molecule has 4 nitrogen and oxygen atoms in total. The molecule has 1 fully saturated rings. The van der Waals surface area contributed by atoms with Gasteiger partial charge in [0.05, 0.1) is 12.1 Å². The minimum Gasteiger partial charge on any atom is -0.492 e. The fourth-order valence-corrected chi connectivity index (χ4v) is 3.41. The molecule has 1 saturated heterocycles. The van der Waals surface area contributed by atoms with Crippen molar-refractivity contribution in [2.45, 2.75) is 31.0 Å². The van der Waals surface area contributed by atoms with E-state index in [2.05, 4.69) is 35.5 Å². The summed E-state index contributed by atoms with van der Waals surface area (Å²) in [6.07, 6.45) is 2.23. The number of para-hydroxylation sites is 1. The predicted molar refractivity (Wildman–Crippen MR) is 79.1 cm³/mol. The molecule has 0 aliphatic carbocycles. The third-order valence-electron chi connectivity index (χ3n) is 4.65. The highest BCUT2D eigenvalue weighted by molar-refractivity contribution is 5.38. The minimum atomic E-state index is 0.327. The molecule has 0 spiro atoms. The first-order valence-electron chi connectivity index (χ1n) is 7.50. The molecule has 1 aromatic carbocycles. The molecule has 1 aromatic rings. The van der Waals surface area contributed by atoms with Gasteiger partial charge in [0.1, 0.15) is 12.4 Å². The lowest BCUT2D eigenvalue weighted by atomic mass is 9.93. The lowest BCUT2D eigenvalue weighted by Gasteiger charge is -2.43. The van der Waals surface area contributed by atoms with Gasteiger partial charge >= 0.3 is 0 Å². The Bertz CT molecular complexity index is 446.